The summed E-state index contributed by atoms with van der Waals surface area (Å²) in [6, 6.07) is 0. The maximum Gasteiger partial charge on any atom is 0.313 e. The third-order valence-electron chi connectivity index (χ3n) is 1.93. The topological polar surface area (TPSA) is 26.3 Å². The predicted molar refractivity (Wildman–Crippen MR) is 60.8 cm³/mol. The van der Waals surface area contributed by atoms with Crippen LogP contribution in [0, 0.1) is 5.92 Å². The Morgan fingerprint density at radius 1 is 1.43 bits per heavy atom. The van der Waals surface area contributed by atoms with Crippen LogP contribution in [0.25, 0.3) is 0 Å². The van der Waals surface area contributed by atoms with E-state index in [0.717, 1.165) is 25.7 Å². The van der Waals surface area contributed by atoms with Crippen molar-refractivity contribution < 1.29 is 9.53 Å². The standard InChI is InChI=1S/C10H18O2.C2H4/c1-4-7-8-9(5-2)10(11)12-6-3;1-2/h6,9H,3-5,7-8H2,1-2H3;1-2H2. The predicted octanol–water partition coefficient (Wildman–Crippen LogP) is 3.69. The molecule has 0 aromatic rings. The lowest BCUT2D eigenvalue weighted by Gasteiger charge is -2.10. The van der Waals surface area contributed by atoms with Crippen LogP contribution in [0.1, 0.15) is 39.5 Å². The summed E-state index contributed by atoms with van der Waals surface area (Å²) in [6.45, 7) is 13.5. The minimum absolute atomic E-state index is 0.0583. The van der Waals surface area contributed by atoms with Gasteiger partial charge in [-0.3, -0.25) is 4.79 Å². The molecule has 1 unspecified atom stereocenters. The fourth-order valence-electron chi connectivity index (χ4n) is 1.12. The Hall–Kier alpha value is -1.05. The van der Waals surface area contributed by atoms with E-state index >= 15 is 0 Å². The van der Waals surface area contributed by atoms with E-state index in [1.54, 1.807) is 0 Å². The minimum atomic E-state index is -0.138. The van der Waals surface area contributed by atoms with Crippen LogP contribution in [-0.4, -0.2) is 5.97 Å². The summed E-state index contributed by atoms with van der Waals surface area (Å²) in [6.07, 6.45) is 5.20. The first-order chi connectivity index (χ1) is 6.76. The molecule has 0 radical (unpaired) electrons. The van der Waals surface area contributed by atoms with Gasteiger partial charge in [0.05, 0.1) is 12.2 Å². The fraction of sp³-hybridized carbons (Fsp3) is 0.583. The van der Waals surface area contributed by atoms with E-state index in [4.69, 9.17) is 4.74 Å². The monoisotopic (exact) mass is 198 g/mol. The quantitative estimate of drug-likeness (QED) is 0.369. The molecule has 14 heavy (non-hydrogen) atoms. The number of rotatable bonds is 6. The molecule has 0 amide bonds. The van der Waals surface area contributed by atoms with Crippen molar-refractivity contribution in [2.24, 2.45) is 5.92 Å². The highest BCUT2D eigenvalue weighted by Crippen LogP contribution is 2.14. The summed E-state index contributed by atoms with van der Waals surface area (Å²) < 4.78 is 4.72. The highest BCUT2D eigenvalue weighted by molar-refractivity contribution is 5.72. The second-order valence-electron chi connectivity index (χ2n) is 2.85. The molecule has 0 saturated carbocycles. The number of hydrogen-bond acceptors (Lipinski definition) is 2. The smallest absolute Gasteiger partial charge is 0.313 e. The number of hydrogen-bond donors (Lipinski definition) is 0. The zero-order valence-corrected chi connectivity index (χ0v) is 9.42. The summed E-state index contributed by atoms with van der Waals surface area (Å²) in [7, 11) is 0. The van der Waals surface area contributed by atoms with Crippen molar-refractivity contribution in [2.45, 2.75) is 39.5 Å². The summed E-state index contributed by atoms with van der Waals surface area (Å²) in [5.41, 5.74) is 0. The molecule has 1 atom stereocenters. The Morgan fingerprint density at radius 2 is 2.00 bits per heavy atom. The SMILES string of the molecule is C=C.C=COC(=O)C(CC)CCCC. The molecule has 0 N–H and O–H groups in total. The normalized spacial score (nSPS) is 10.7. The van der Waals surface area contributed by atoms with E-state index in [9.17, 15) is 4.79 Å². The summed E-state index contributed by atoms with van der Waals surface area (Å²) in [5, 5.41) is 0. The van der Waals surface area contributed by atoms with Gasteiger partial charge in [0.15, 0.2) is 0 Å². The number of unbranched alkanes of at least 4 members (excludes halogenated alkanes) is 1. The zero-order valence-electron chi connectivity index (χ0n) is 9.42. The van der Waals surface area contributed by atoms with Crippen molar-refractivity contribution in [1.29, 1.82) is 0 Å². The van der Waals surface area contributed by atoms with Crippen LogP contribution in [0.3, 0.4) is 0 Å². The van der Waals surface area contributed by atoms with Crippen LogP contribution in [0.4, 0.5) is 0 Å². The van der Waals surface area contributed by atoms with Gasteiger partial charge in [-0.25, -0.2) is 0 Å². The minimum Gasteiger partial charge on any atom is -0.435 e. The Labute approximate surface area is 87.7 Å². The van der Waals surface area contributed by atoms with Crippen LogP contribution in [0.5, 0.6) is 0 Å². The molecule has 0 rings (SSSR count). The van der Waals surface area contributed by atoms with Crippen molar-refractivity contribution in [2.75, 3.05) is 0 Å². The van der Waals surface area contributed by atoms with Gasteiger partial charge in [0.2, 0.25) is 0 Å². The highest BCUT2D eigenvalue weighted by atomic mass is 16.5. The molecular formula is C12H22O2. The summed E-state index contributed by atoms with van der Waals surface area (Å²) in [4.78, 5) is 11.2. The van der Waals surface area contributed by atoms with Crippen molar-refractivity contribution in [3.63, 3.8) is 0 Å². The lowest BCUT2D eigenvalue weighted by molar-refractivity contribution is -0.143. The largest absolute Gasteiger partial charge is 0.435 e. The first-order valence-corrected chi connectivity index (χ1v) is 5.07. The van der Waals surface area contributed by atoms with Gasteiger partial charge in [0.25, 0.3) is 0 Å². The first kappa shape index (κ1) is 15.4. The summed E-state index contributed by atoms with van der Waals surface area (Å²) >= 11 is 0. The molecule has 0 aliphatic heterocycles. The van der Waals surface area contributed by atoms with Crippen LogP contribution >= 0.6 is 0 Å². The van der Waals surface area contributed by atoms with Crippen molar-refractivity contribution >= 4 is 5.97 Å². The molecule has 0 fully saturated rings. The highest BCUT2D eigenvalue weighted by Gasteiger charge is 2.15. The van der Waals surface area contributed by atoms with E-state index in [1.807, 2.05) is 6.92 Å². The molecule has 82 valence electrons. The van der Waals surface area contributed by atoms with Gasteiger partial charge < -0.3 is 4.74 Å². The van der Waals surface area contributed by atoms with Crippen LogP contribution in [0.15, 0.2) is 26.0 Å². The Kier molecular flexibility index (Phi) is 13.2. The molecule has 0 aromatic carbocycles. The average Bonchev–Trinajstić information content (AvgIpc) is 2.22. The third-order valence-corrected chi connectivity index (χ3v) is 1.93. The first-order valence-electron chi connectivity index (χ1n) is 5.07. The van der Waals surface area contributed by atoms with Crippen molar-refractivity contribution in [3.05, 3.63) is 26.0 Å². The number of ether oxygens (including phenoxy) is 1. The Balaban J connectivity index is 0. The van der Waals surface area contributed by atoms with Crippen LogP contribution in [0.2, 0.25) is 0 Å². The zero-order chi connectivity index (χ0) is 11.4. The molecule has 0 saturated heterocycles. The van der Waals surface area contributed by atoms with Gasteiger partial charge in [-0.15, -0.1) is 13.2 Å². The Morgan fingerprint density at radius 3 is 2.36 bits per heavy atom. The molecular weight excluding hydrogens is 176 g/mol. The van der Waals surface area contributed by atoms with Gasteiger partial charge in [-0.1, -0.05) is 33.3 Å². The van der Waals surface area contributed by atoms with E-state index in [0.29, 0.717) is 0 Å². The van der Waals surface area contributed by atoms with E-state index in [1.165, 1.54) is 6.26 Å². The van der Waals surface area contributed by atoms with E-state index in [-0.39, 0.29) is 11.9 Å². The number of carbonyl (C=O) groups excluding carboxylic acids is 1. The molecule has 2 heteroatoms. The third kappa shape index (κ3) is 7.59. The summed E-state index contributed by atoms with van der Waals surface area (Å²) in [5.74, 6) is -0.0797. The number of esters is 1. The maximum atomic E-state index is 11.2. The van der Waals surface area contributed by atoms with Crippen molar-refractivity contribution in [3.8, 4) is 0 Å². The lowest BCUT2D eigenvalue weighted by atomic mass is 10.00. The molecule has 0 bridgehead atoms. The second-order valence-corrected chi connectivity index (χ2v) is 2.85. The lowest BCUT2D eigenvalue weighted by Crippen LogP contribution is -2.14. The Bertz CT molecular complexity index is 152. The molecule has 0 heterocycles. The van der Waals surface area contributed by atoms with Gasteiger partial charge in [-0.05, 0) is 12.8 Å². The van der Waals surface area contributed by atoms with Gasteiger partial charge >= 0.3 is 5.97 Å². The molecule has 0 aliphatic rings. The maximum absolute atomic E-state index is 11.2. The average molecular weight is 198 g/mol. The molecule has 2 nitrogen and oxygen atoms in total. The van der Waals surface area contributed by atoms with E-state index in [2.05, 4.69) is 26.7 Å². The van der Waals surface area contributed by atoms with Crippen molar-refractivity contribution in [1.82, 2.24) is 0 Å². The van der Waals surface area contributed by atoms with E-state index < -0.39 is 0 Å². The molecule has 0 aliphatic carbocycles. The second kappa shape index (κ2) is 11.9. The van der Waals surface area contributed by atoms with Crippen LogP contribution in [-0.2, 0) is 9.53 Å². The van der Waals surface area contributed by atoms with Gasteiger partial charge in [-0.2, -0.15) is 0 Å². The van der Waals surface area contributed by atoms with Crippen LogP contribution < -0.4 is 0 Å². The molecule has 0 aromatic heterocycles. The fourth-order valence-corrected chi connectivity index (χ4v) is 1.12. The molecule has 0 spiro atoms. The van der Waals surface area contributed by atoms with Gasteiger partial charge in [0, 0.05) is 0 Å². The number of carbonyl (C=O) groups is 1. The van der Waals surface area contributed by atoms with Gasteiger partial charge in [0.1, 0.15) is 0 Å².